The quantitative estimate of drug-likeness (QED) is 0.821. The number of hydrogen-bond donors (Lipinski definition) is 1. The minimum Gasteiger partial charge on any atom is -0.494 e. The number of ether oxygens (including phenoxy) is 1. The fraction of sp³-hybridized carbons (Fsp3) is 0.316. The first-order valence-electron chi connectivity index (χ1n) is 8.19. The molecule has 0 aliphatic rings. The highest BCUT2D eigenvalue weighted by Gasteiger charge is 2.15. The summed E-state index contributed by atoms with van der Waals surface area (Å²) in [6.45, 7) is 4.45. The van der Waals surface area contributed by atoms with Crippen LogP contribution in [0.15, 0.2) is 53.4 Å². The van der Waals surface area contributed by atoms with Crippen molar-refractivity contribution >= 4 is 15.7 Å². The van der Waals surface area contributed by atoms with Crippen molar-refractivity contribution in [2.75, 3.05) is 12.9 Å². The lowest BCUT2D eigenvalue weighted by Crippen LogP contribution is -2.28. The molecular weight excluding hydrogens is 338 g/mol. The van der Waals surface area contributed by atoms with Gasteiger partial charge in [0.1, 0.15) is 5.75 Å². The van der Waals surface area contributed by atoms with Crippen molar-refractivity contribution in [2.24, 2.45) is 0 Å². The van der Waals surface area contributed by atoms with Gasteiger partial charge in [-0.25, -0.2) is 8.42 Å². The highest BCUT2D eigenvalue weighted by Crippen LogP contribution is 2.20. The van der Waals surface area contributed by atoms with Crippen molar-refractivity contribution in [1.29, 1.82) is 0 Å². The SMILES string of the molecule is CCOc1ccc(C(=O)NC(CC)c2ccc(S(C)(=O)=O)cc2)cc1. The van der Waals surface area contributed by atoms with E-state index in [0.717, 1.165) is 11.3 Å². The molecule has 0 spiro atoms. The molecule has 6 heteroatoms. The number of hydrogen-bond acceptors (Lipinski definition) is 4. The molecule has 1 atom stereocenters. The monoisotopic (exact) mass is 361 g/mol. The van der Waals surface area contributed by atoms with Gasteiger partial charge < -0.3 is 10.1 Å². The third-order valence-corrected chi connectivity index (χ3v) is 4.98. The second-order valence-electron chi connectivity index (χ2n) is 5.73. The molecule has 1 N–H and O–H groups in total. The molecule has 25 heavy (non-hydrogen) atoms. The van der Waals surface area contributed by atoms with Crippen molar-refractivity contribution in [3.8, 4) is 5.75 Å². The first-order chi connectivity index (χ1) is 11.8. The van der Waals surface area contributed by atoms with E-state index >= 15 is 0 Å². The molecule has 2 aromatic carbocycles. The lowest BCUT2D eigenvalue weighted by atomic mass is 10.0. The van der Waals surface area contributed by atoms with Crippen LogP contribution >= 0.6 is 0 Å². The maximum atomic E-state index is 12.4. The van der Waals surface area contributed by atoms with E-state index in [9.17, 15) is 13.2 Å². The Morgan fingerprint density at radius 2 is 1.64 bits per heavy atom. The molecule has 134 valence electrons. The first kappa shape index (κ1) is 19.0. The first-order valence-corrected chi connectivity index (χ1v) is 10.1. The average molecular weight is 361 g/mol. The molecule has 0 radical (unpaired) electrons. The van der Waals surface area contributed by atoms with Crippen molar-refractivity contribution in [3.05, 3.63) is 59.7 Å². The van der Waals surface area contributed by atoms with Gasteiger partial charge in [-0.2, -0.15) is 0 Å². The zero-order valence-electron chi connectivity index (χ0n) is 14.7. The van der Waals surface area contributed by atoms with Crippen LogP contribution in [0.5, 0.6) is 5.75 Å². The molecule has 5 nitrogen and oxygen atoms in total. The van der Waals surface area contributed by atoms with Gasteiger partial charge in [0.2, 0.25) is 0 Å². The third kappa shape index (κ3) is 5.06. The van der Waals surface area contributed by atoms with Crippen LogP contribution in [0.3, 0.4) is 0 Å². The van der Waals surface area contributed by atoms with Gasteiger partial charge in [0.25, 0.3) is 5.91 Å². The van der Waals surface area contributed by atoms with Gasteiger partial charge in [0, 0.05) is 11.8 Å². The summed E-state index contributed by atoms with van der Waals surface area (Å²) in [5.74, 6) is 0.546. The van der Waals surface area contributed by atoms with E-state index in [4.69, 9.17) is 4.74 Å². The molecular formula is C19H23NO4S. The van der Waals surface area contributed by atoms with Gasteiger partial charge in [0.15, 0.2) is 9.84 Å². The zero-order valence-corrected chi connectivity index (χ0v) is 15.5. The minimum absolute atomic E-state index is 0.179. The topological polar surface area (TPSA) is 72.5 Å². The lowest BCUT2D eigenvalue weighted by Gasteiger charge is -2.18. The lowest BCUT2D eigenvalue weighted by molar-refractivity contribution is 0.0935. The predicted octanol–water partition coefficient (Wildman–Crippen LogP) is 3.37. The third-order valence-electron chi connectivity index (χ3n) is 3.85. The van der Waals surface area contributed by atoms with E-state index in [1.165, 1.54) is 6.26 Å². The van der Waals surface area contributed by atoms with Gasteiger partial charge in [-0.15, -0.1) is 0 Å². The summed E-state index contributed by atoms with van der Waals surface area (Å²) in [4.78, 5) is 12.7. The van der Waals surface area contributed by atoms with Crippen LogP contribution in [0.2, 0.25) is 0 Å². The minimum atomic E-state index is -3.23. The Morgan fingerprint density at radius 3 is 2.12 bits per heavy atom. The van der Waals surface area contributed by atoms with Crippen LogP contribution in [0.1, 0.15) is 42.2 Å². The van der Waals surface area contributed by atoms with Crippen molar-refractivity contribution in [2.45, 2.75) is 31.2 Å². The number of carbonyl (C=O) groups is 1. The zero-order chi connectivity index (χ0) is 18.4. The standard InChI is InChI=1S/C19H23NO4S/c1-4-18(14-8-12-17(13-9-14)25(3,22)23)20-19(21)15-6-10-16(11-7-15)24-5-2/h6-13,18H,4-5H2,1-3H3,(H,20,21). The largest absolute Gasteiger partial charge is 0.494 e. The van der Waals surface area contributed by atoms with Crippen molar-refractivity contribution < 1.29 is 17.9 Å². The molecule has 2 rings (SSSR count). The summed E-state index contributed by atoms with van der Waals surface area (Å²) in [5.41, 5.74) is 1.42. The molecule has 0 heterocycles. The molecule has 1 amide bonds. The summed E-state index contributed by atoms with van der Waals surface area (Å²) in [6, 6.07) is 13.4. The number of benzene rings is 2. The Hall–Kier alpha value is -2.34. The second-order valence-corrected chi connectivity index (χ2v) is 7.75. The van der Waals surface area contributed by atoms with Crippen LogP contribution in [-0.4, -0.2) is 27.2 Å². The number of amides is 1. The van der Waals surface area contributed by atoms with Gasteiger partial charge in [-0.3, -0.25) is 4.79 Å². The smallest absolute Gasteiger partial charge is 0.251 e. The van der Waals surface area contributed by atoms with Crippen LogP contribution in [0.4, 0.5) is 0 Å². The number of carbonyl (C=O) groups excluding carboxylic acids is 1. The fourth-order valence-electron chi connectivity index (χ4n) is 2.48. The number of sulfone groups is 1. The molecule has 0 fully saturated rings. The van der Waals surface area contributed by atoms with E-state index in [2.05, 4.69) is 5.32 Å². The van der Waals surface area contributed by atoms with E-state index in [0.29, 0.717) is 18.6 Å². The van der Waals surface area contributed by atoms with Crippen LogP contribution < -0.4 is 10.1 Å². The van der Waals surface area contributed by atoms with Gasteiger partial charge in [0.05, 0.1) is 17.5 Å². The van der Waals surface area contributed by atoms with Crippen LogP contribution in [0.25, 0.3) is 0 Å². The molecule has 0 saturated heterocycles. The highest BCUT2D eigenvalue weighted by atomic mass is 32.2. The normalized spacial score (nSPS) is 12.4. The Balaban J connectivity index is 2.11. The van der Waals surface area contributed by atoms with Gasteiger partial charge in [-0.05, 0) is 55.3 Å². The molecule has 0 aliphatic heterocycles. The maximum Gasteiger partial charge on any atom is 0.251 e. The summed E-state index contributed by atoms with van der Waals surface area (Å²) in [5, 5.41) is 2.98. The van der Waals surface area contributed by atoms with E-state index in [-0.39, 0.29) is 16.8 Å². The summed E-state index contributed by atoms with van der Waals surface area (Å²) < 4.78 is 28.5. The average Bonchev–Trinajstić information content (AvgIpc) is 2.60. The fourth-order valence-corrected chi connectivity index (χ4v) is 3.11. The van der Waals surface area contributed by atoms with E-state index < -0.39 is 9.84 Å². The Bertz CT molecular complexity index is 812. The summed E-state index contributed by atoms with van der Waals surface area (Å²) in [6.07, 6.45) is 1.87. The Labute approximate surface area is 148 Å². The Kier molecular flexibility index (Phi) is 6.20. The summed E-state index contributed by atoms with van der Waals surface area (Å²) in [7, 11) is -3.23. The maximum absolute atomic E-state index is 12.4. The molecule has 0 aromatic heterocycles. The number of rotatable bonds is 7. The van der Waals surface area contributed by atoms with Gasteiger partial charge >= 0.3 is 0 Å². The Morgan fingerprint density at radius 1 is 1.04 bits per heavy atom. The van der Waals surface area contributed by atoms with Gasteiger partial charge in [-0.1, -0.05) is 19.1 Å². The molecule has 0 saturated carbocycles. The van der Waals surface area contributed by atoms with E-state index in [1.54, 1.807) is 48.5 Å². The van der Waals surface area contributed by atoms with E-state index in [1.807, 2.05) is 13.8 Å². The van der Waals surface area contributed by atoms with Crippen molar-refractivity contribution in [1.82, 2.24) is 5.32 Å². The molecule has 1 unspecified atom stereocenters. The molecule has 0 aliphatic carbocycles. The van der Waals surface area contributed by atoms with Crippen molar-refractivity contribution in [3.63, 3.8) is 0 Å². The van der Waals surface area contributed by atoms with Crippen LogP contribution in [0, 0.1) is 0 Å². The highest BCUT2D eigenvalue weighted by molar-refractivity contribution is 7.90. The number of nitrogens with one attached hydrogen (secondary N) is 1. The molecule has 0 bridgehead atoms. The molecule has 2 aromatic rings. The summed E-state index contributed by atoms with van der Waals surface area (Å²) >= 11 is 0. The van der Waals surface area contributed by atoms with Crippen LogP contribution in [-0.2, 0) is 9.84 Å². The second kappa shape index (κ2) is 8.16. The predicted molar refractivity (Wildman–Crippen MR) is 97.7 cm³/mol.